The summed E-state index contributed by atoms with van der Waals surface area (Å²) in [7, 11) is 0. The van der Waals surface area contributed by atoms with Crippen LogP contribution in [0.1, 0.15) is 6.92 Å². The monoisotopic (exact) mass is 397 g/mol. The second-order valence-electron chi connectivity index (χ2n) is 5.73. The molecular weight excluding hydrogens is 383 g/mol. The summed E-state index contributed by atoms with van der Waals surface area (Å²) in [4.78, 5) is 28.2. The zero-order chi connectivity index (χ0) is 18.5. The third-order valence-corrected chi connectivity index (χ3v) is 6.75. The maximum absolute atomic E-state index is 12.6. The van der Waals surface area contributed by atoms with Crippen molar-refractivity contribution in [3.63, 3.8) is 0 Å². The molecule has 0 saturated carbocycles. The number of rotatable bonds is 4. The Balaban J connectivity index is 1.74. The van der Waals surface area contributed by atoms with Crippen molar-refractivity contribution in [1.29, 1.82) is 0 Å². The van der Waals surface area contributed by atoms with Crippen LogP contribution < -0.4 is 5.32 Å². The fourth-order valence-corrected chi connectivity index (χ4v) is 5.94. The van der Waals surface area contributed by atoms with Crippen molar-refractivity contribution in [2.45, 2.75) is 29.8 Å². The Bertz CT molecular complexity index is 680. The van der Waals surface area contributed by atoms with Gasteiger partial charge in [0, 0.05) is 11.8 Å². The van der Waals surface area contributed by atoms with Gasteiger partial charge < -0.3 is 15.5 Å². The highest BCUT2D eigenvalue weighted by Crippen LogP contribution is 2.54. The number of carbonyl (C=O) groups excluding carboxylic acids is 1. The van der Waals surface area contributed by atoms with Crippen LogP contribution in [0.5, 0.6) is 0 Å². The standard InChI is InChI=1S/C13H14F3N3O4S2/c1-4(20)6-8(21)19-7(10(22)23)11(25-9(6)19)24-5-2-17-12(18-3-5)13(14,15)16/h4-6,9,20H,2-3H2,1H3,(H,17,18)(H,22,23)/t4?,6?,9-/m0/s1. The molecule has 0 aromatic heterocycles. The number of aliphatic imine (C=N–C) groups is 1. The fraction of sp³-hybridized carbons (Fsp3) is 0.615. The van der Waals surface area contributed by atoms with Crippen LogP contribution >= 0.6 is 23.5 Å². The normalized spacial score (nSPS) is 30.4. The lowest BCUT2D eigenvalue weighted by molar-refractivity contribution is -0.156. The molecular formula is C13H14F3N3O4S2. The van der Waals surface area contributed by atoms with Crippen LogP contribution in [0.15, 0.2) is 14.9 Å². The maximum Gasteiger partial charge on any atom is 0.448 e. The third-order valence-electron chi connectivity index (χ3n) is 3.96. The molecule has 3 N–H and O–H groups in total. The first-order valence-electron chi connectivity index (χ1n) is 7.28. The van der Waals surface area contributed by atoms with E-state index < -0.39 is 41.3 Å². The molecule has 0 aliphatic carbocycles. The number of amides is 1. The summed E-state index contributed by atoms with van der Waals surface area (Å²) in [6.45, 7) is 1.34. The van der Waals surface area contributed by atoms with Crippen molar-refractivity contribution in [3.8, 4) is 0 Å². The summed E-state index contributed by atoms with van der Waals surface area (Å²) in [5.41, 5.74) is -0.174. The molecule has 3 aliphatic heterocycles. The van der Waals surface area contributed by atoms with E-state index in [-0.39, 0.29) is 24.0 Å². The first-order chi connectivity index (χ1) is 11.6. The first-order valence-corrected chi connectivity index (χ1v) is 9.04. The first kappa shape index (κ1) is 18.4. The summed E-state index contributed by atoms with van der Waals surface area (Å²) in [6, 6.07) is 0. The number of aliphatic hydroxyl groups is 1. The molecule has 0 spiro atoms. The molecule has 0 aromatic rings. The van der Waals surface area contributed by atoms with Gasteiger partial charge in [0.2, 0.25) is 11.7 Å². The number of β-lactam (4-membered cyclic amide) rings is 1. The number of hydrogen-bond donors (Lipinski definition) is 3. The van der Waals surface area contributed by atoms with Gasteiger partial charge in [-0.25, -0.2) is 4.79 Å². The zero-order valence-corrected chi connectivity index (χ0v) is 14.4. The van der Waals surface area contributed by atoms with E-state index in [1.54, 1.807) is 0 Å². The summed E-state index contributed by atoms with van der Waals surface area (Å²) >= 11 is 2.24. The van der Waals surface area contributed by atoms with Crippen molar-refractivity contribution >= 4 is 41.2 Å². The molecule has 1 amide bonds. The van der Waals surface area contributed by atoms with E-state index in [0.717, 1.165) is 28.4 Å². The van der Waals surface area contributed by atoms with E-state index in [2.05, 4.69) is 10.3 Å². The highest BCUT2D eigenvalue weighted by Gasteiger charge is 2.58. The van der Waals surface area contributed by atoms with E-state index in [1.807, 2.05) is 0 Å². The molecule has 0 aromatic carbocycles. The molecule has 12 heteroatoms. The van der Waals surface area contributed by atoms with E-state index in [1.165, 1.54) is 6.92 Å². The largest absolute Gasteiger partial charge is 0.477 e. The predicted octanol–water partition coefficient (Wildman–Crippen LogP) is 0.818. The van der Waals surface area contributed by atoms with Crippen molar-refractivity contribution in [2.75, 3.05) is 13.1 Å². The highest BCUT2D eigenvalue weighted by molar-refractivity contribution is 8.23. The topological polar surface area (TPSA) is 102 Å². The van der Waals surface area contributed by atoms with Crippen LogP contribution in [0.4, 0.5) is 13.2 Å². The molecule has 1 fully saturated rings. The number of carboxylic acid groups (broad SMARTS) is 1. The quantitative estimate of drug-likeness (QED) is 0.604. The summed E-state index contributed by atoms with van der Waals surface area (Å²) in [6.07, 6.45) is -5.44. The van der Waals surface area contributed by atoms with E-state index in [9.17, 15) is 33.0 Å². The van der Waals surface area contributed by atoms with Gasteiger partial charge in [0.05, 0.1) is 22.8 Å². The minimum atomic E-state index is -4.54. The number of hydrogen-bond acceptors (Lipinski definition) is 7. The Kier molecular flexibility index (Phi) is 4.71. The Labute approximate surface area is 148 Å². The van der Waals surface area contributed by atoms with Gasteiger partial charge in [0.1, 0.15) is 5.37 Å². The molecule has 138 valence electrons. The second-order valence-corrected chi connectivity index (χ2v) is 8.43. The minimum absolute atomic E-state index is 0.0155. The van der Waals surface area contributed by atoms with Crippen molar-refractivity contribution in [1.82, 2.24) is 10.2 Å². The lowest BCUT2D eigenvalue weighted by atomic mass is 9.92. The fourth-order valence-electron chi connectivity index (χ4n) is 2.78. The third kappa shape index (κ3) is 3.22. The van der Waals surface area contributed by atoms with Crippen LogP contribution in [0.25, 0.3) is 0 Å². The van der Waals surface area contributed by atoms with Crippen molar-refractivity contribution in [3.05, 3.63) is 9.93 Å². The number of carboxylic acids is 1. The van der Waals surface area contributed by atoms with Gasteiger partial charge in [0.15, 0.2) is 5.70 Å². The molecule has 1 saturated heterocycles. The average molecular weight is 397 g/mol. The van der Waals surface area contributed by atoms with Crippen LogP contribution in [0, 0.1) is 5.92 Å². The second kappa shape index (κ2) is 6.40. The molecule has 4 atom stereocenters. The van der Waals surface area contributed by atoms with Gasteiger partial charge in [0.25, 0.3) is 0 Å². The Morgan fingerprint density at radius 2 is 2.20 bits per heavy atom. The number of aliphatic carboxylic acids is 1. The average Bonchev–Trinajstić information content (AvgIpc) is 2.81. The maximum atomic E-state index is 12.6. The number of carbonyl (C=O) groups is 2. The number of alkyl halides is 3. The van der Waals surface area contributed by atoms with Crippen LogP contribution in [0.2, 0.25) is 0 Å². The minimum Gasteiger partial charge on any atom is -0.477 e. The molecule has 0 bridgehead atoms. The molecule has 3 aliphatic rings. The van der Waals surface area contributed by atoms with Gasteiger partial charge in [-0.2, -0.15) is 13.2 Å². The number of fused-ring (bicyclic) bond motifs is 1. The molecule has 3 heterocycles. The highest BCUT2D eigenvalue weighted by atomic mass is 32.2. The predicted molar refractivity (Wildman–Crippen MR) is 85.8 cm³/mol. The number of thioether (sulfide) groups is 2. The SMILES string of the molecule is CC(O)C1C(=O)N2C(C(=O)O)=C(SC3CN=C(C(F)(F)F)NC3)S[C@@H]12. The molecule has 3 rings (SSSR count). The Morgan fingerprint density at radius 1 is 1.52 bits per heavy atom. The molecule has 7 nitrogen and oxygen atoms in total. The number of aliphatic hydroxyl groups excluding tert-OH is 1. The van der Waals surface area contributed by atoms with E-state index in [0.29, 0.717) is 4.24 Å². The van der Waals surface area contributed by atoms with E-state index in [4.69, 9.17) is 0 Å². The Hall–Kier alpha value is -1.40. The van der Waals surface area contributed by atoms with Crippen LogP contribution in [-0.4, -0.2) is 68.8 Å². The van der Waals surface area contributed by atoms with Gasteiger partial charge in [-0.05, 0) is 6.92 Å². The smallest absolute Gasteiger partial charge is 0.448 e. The van der Waals surface area contributed by atoms with Gasteiger partial charge in [-0.1, -0.05) is 11.8 Å². The summed E-state index contributed by atoms with van der Waals surface area (Å²) in [5, 5.41) is 20.4. The zero-order valence-electron chi connectivity index (χ0n) is 12.8. The number of nitrogens with zero attached hydrogens (tertiary/aromatic N) is 2. The molecule has 0 radical (unpaired) electrons. The summed E-state index contributed by atoms with van der Waals surface area (Å²) < 4.78 is 38.0. The molecule has 25 heavy (non-hydrogen) atoms. The van der Waals surface area contributed by atoms with Crippen LogP contribution in [0.3, 0.4) is 0 Å². The molecule has 3 unspecified atom stereocenters. The number of nitrogens with one attached hydrogen (secondary N) is 1. The van der Waals surface area contributed by atoms with Gasteiger partial charge in [-0.15, -0.1) is 11.8 Å². The van der Waals surface area contributed by atoms with E-state index >= 15 is 0 Å². The lowest BCUT2D eigenvalue weighted by Gasteiger charge is -2.43. The number of halogens is 3. The van der Waals surface area contributed by atoms with Crippen molar-refractivity contribution in [2.24, 2.45) is 10.9 Å². The van der Waals surface area contributed by atoms with Gasteiger partial charge in [-0.3, -0.25) is 14.7 Å². The number of amidine groups is 1. The Morgan fingerprint density at radius 3 is 2.68 bits per heavy atom. The van der Waals surface area contributed by atoms with Crippen molar-refractivity contribution < 1.29 is 33.0 Å². The lowest BCUT2D eigenvalue weighted by Crippen LogP contribution is -2.60. The van der Waals surface area contributed by atoms with Gasteiger partial charge >= 0.3 is 12.1 Å². The summed E-state index contributed by atoms with van der Waals surface area (Å²) in [5.74, 6) is -3.46. The van der Waals surface area contributed by atoms with Crippen LogP contribution in [-0.2, 0) is 9.59 Å².